The SMILES string of the molecule is CC1CCCN(Cc2cc(N)ccc2Cl)CC1. The molecule has 17 heavy (non-hydrogen) atoms. The van der Waals surface area contributed by atoms with Crippen LogP contribution in [0, 0.1) is 5.92 Å². The fourth-order valence-corrected chi connectivity index (χ4v) is 2.61. The van der Waals surface area contributed by atoms with Crippen molar-refractivity contribution in [3.05, 3.63) is 28.8 Å². The van der Waals surface area contributed by atoms with E-state index < -0.39 is 0 Å². The van der Waals surface area contributed by atoms with Crippen molar-refractivity contribution in [1.82, 2.24) is 4.90 Å². The van der Waals surface area contributed by atoms with E-state index in [1.165, 1.54) is 32.4 Å². The third-order valence-corrected chi connectivity index (χ3v) is 3.94. The fraction of sp³-hybridized carbons (Fsp3) is 0.571. The van der Waals surface area contributed by atoms with Gasteiger partial charge in [0.15, 0.2) is 0 Å². The minimum atomic E-state index is 0.799. The van der Waals surface area contributed by atoms with Crippen molar-refractivity contribution in [2.75, 3.05) is 18.8 Å². The highest BCUT2D eigenvalue weighted by Gasteiger charge is 2.14. The molecule has 94 valence electrons. The van der Waals surface area contributed by atoms with Crippen molar-refractivity contribution in [3.63, 3.8) is 0 Å². The third-order valence-electron chi connectivity index (χ3n) is 3.57. The molecule has 0 spiro atoms. The number of halogens is 1. The van der Waals surface area contributed by atoms with Crippen LogP contribution in [0.2, 0.25) is 5.02 Å². The largest absolute Gasteiger partial charge is 0.399 e. The van der Waals surface area contributed by atoms with Crippen LogP contribution in [0.25, 0.3) is 0 Å². The summed E-state index contributed by atoms with van der Waals surface area (Å²) in [5.41, 5.74) is 7.76. The molecule has 2 nitrogen and oxygen atoms in total. The number of likely N-dealkylation sites (tertiary alicyclic amines) is 1. The molecule has 0 amide bonds. The maximum absolute atomic E-state index is 6.20. The number of nitrogens with zero attached hydrogens (tertiary/aromatic N) is 1. The lowest BCUT2D eigenvalue weighted by molar-refractivity contribution is 0.274. The van der Waals surface area contributed by atoms with Crippen molar-refractivity contribution in [2.24, 2.45) is 5.92 Å². The Kier molecular flexibility index (Phi) is 4.30. The minimum absolute atomic E-state index is 0.799. The van der Waals surface area contributed by atoms with Crippen LogP contribution >= 0.6 is 11.6 Å². The Hall–Kier alpha value is -0.730. The van der Waals surface area contributed by atoms with Gasteiger partial charge in [-0.05, 0) is 62.0 Å². The molecule has 1 aliphatic heterocycles. The average molecular weight is 253 g/mol. The smallest absolute Gasteiger partial charge is 0.0452 e. The van der Waals surface area contributed by atoms with E-state index in [-0.39, 0.29) is 0 Å². The zero-order valence-electron chi connectivity index (χ0n) is 10.5. The number of hydrogen-bond donors (Lipinski definition) is 1. The summed E-state index contributed by atoms with van der Waals surface area (Å²) >= 11 is 6.20. The summed E-state index contributed by atoms with van der Waals surface area (Å²) < 4.78 is 0. The van der Waals surface area contributed by atoms with Crippen molar-refractivity contribution < 1.29 is 0 Å². The monoisotopic (exact) mass is 252 g/mol. The van der Waals surface area contributed by atoms with Crippen LogP contribution in [0.3, 0.4) is 0 Å². The number of hydrogen-bond acceptors (Lipinski definition) is 2. The number of rotatable bonds is 2. The predicted octanol–water partition coefficient (Wildman–Crippen LogP) is 3.54. The van der Waals surface area contributed by atoms with E-state index in [0.717, 1.165) is 28.7 Å². The van der Waals surface area contributed by atoms with Crippen molar-refractivity contribution in [2.45, 2.75) is 32.7 Å². The Morgan fingerprint density at radius 3 is 3.00 bits per heavy atom. The van der Waals surface area contributed by atoms with E-state index in [9.17, 15) is 0 Å². The number of anilines is 1. The molecule has 0 saturated carbocycles. The molecule has 1 aromatic carbocycles. The number of nitrogens with two attached hydrogens (primary N) is 1. The van der Waals surface area contributed by atoms with Crippen LogP contribution < -0.4 is 5.73 Å². The quantitative estimate of drug-likeness (QED) is 0.816. The van der Waals surface area contributed by atoms with Crippen LogP contribution in [0.5, 0.6) is 0 Å². The van der Waals surface area contributed by atoms with Gasteiger partial charge in [0.05, 0.1) is 0 Å². The molecule has 2 N–H and O–H groups in total. The van der Waals surface area contributed by atoms with E-state index in [1.54, 1.807) is 0 Å². The molecular formula is C14H21ClN2. The molecule has 1 aliphatic rings. The van der Waals surface area contributed by atoms with Gasteiger partial charge < -0.3 is 5.73 Å². The van der Waals surface area contributed by atoms with Crippen LogP contribution in [-0.4, -0.2) is 18.0 Å². The van der Waals surface area contributed by atoms with E-state index in [0.29, 0.717) is 0 Å². The van der Waals surface area contributed by atoms with Gasteiger partial charge in [0.2, 0.25) is 0 Å². The lowest BCUT2D eigenvalue weighted by Gasteiger charge is -2.20. The summed E-state index contributed by atoms with van der Waals surface area (Å²) in [6.07, 6.45) is 3.93. The first-order valence-corrected chi connectivity index (χ1v) is 6.79. The Morgan fingerprint density at radius 2 is 2.18 bits per heavy atom. The maximum Gasteiger partial charge on any atom is 0.0452 e. The second kappa shape index (κ2) is 5.74. The first kappa shape index (κ1) is 12.7. The van der Waals surface area contributed by atoms with Crippen LogP contribution in [0.4, 0.5) is 5.69 Å². The van der Waals surface area contributed by atoms with E-state index >= 15 is 0 Å². The number of benzene rings is 1. The Bertz CT molecular complexity index is 378. The summed E-state index contributed by atoms with van der Waals surface area (Å²) in [7, 11) is 0. The molecule has 1 aromatic rings. The van der Waals surface area contributed by atoms with Crippen LogP contribution in [-0.2, 0) is 6.54 Å². The highest BCUT2D eigenvalue weighted by atomic mass is 35.5. The zero-order chi connectivity index (χ0) is 12.3. The van der Waals surface area contributed by atoms with Crippen LogP contribution in [0.15, 0.2) is 18.2 Å². The Balaban J connectivity index is 2.02. The Morgan fingerprint density at radius 1 is 1.35 bits per heavy atom. The molecule has 1 heterocycles. The van der Waals surface area contributed by atoms with E-state index in [2.05, 4.69) is 11.8 Å². The molecule has 0 radical (unpaired) electrons. The van der Waals surface area contributed by atoms with Crippen molar-refractivity contribution in [1.29, 1.82) is 0 Å². The van der Waals surface area contributed by atoms with Crippen molar-refractivity contribution in [3.8, 4) is 0 Å². The normalized spacial score (nSPS) is 22.4. The molecule has 1 atom stereocenters. The first-order chi connectivity index (χ1) is 8.15. The maximum atomic E-state index is 6.20. The first-order valence-electron chi connectivity index (χ1n) is 6.41. The molecule has 1 unspecified atom stereocenters. The second-order valence-electron chi connectivity index (χ2n) is 5.16. The number of nitrogen functional groups attached to an aromatic ring is 1. The predicted molar refractivity (Wildman–Crippen MR) is 74.2 cm³/mol. The average Bonchev–Trinajstić information content (AvgIpc) is 2.49. The highest BCUT2D eigenvalue weighted by molar-refractivity contribution is 6.31. The third kappa shape index (κ3) is 3.62. The van der Waals surface area contributed by atoms with Gasteiger partial charge in [-0.25, -0.2) is 0 Å². The second-order valence-corrected chi connectivity index (χ2v) is 5.57. The molecule has 3 heteroatoms. The van der Waals surface area contributed by atoms with Gasteiger partial charge in [-0.15, -0.1) is 0 Å². The Labute approximate surface area is 109 Å². The van der Waals surface area contributed by atoms with Gasteiger partial charge in [-0.3, -0.25) is 4.90 Å². The summed E-state index contributed by atoms with van der Waals surface area (Å²) in [5.74, 6) is 0.858. The van der Waals surface area contributed by atoms with Crippen LogP contribution in [0.1, 0.15) is 31.7 Å². The molecule has 1 fully saturated rings. The summed E-state index contributed by atoms with van der Waals surface area (Å²) in [6, 6.07) is 5.75. The summed E-state index contributed by atoms with van der Waals surface area (Å²) in [6.45, 7) is 5.62. The highest BCUT2D eigenvalue weighted by Crippen LogP contribution is 2.23. The van der Waals surface area contributed by atoms with Gasteiger partial charge in [-0.2, -0.15) is 0 Å². The molecule has 2 rings (SSSR count). The van der Waals surface area contributed by atoms with Gasteiger partial charge in [0, 0.05) is 17.3 Å². The fourth-order valence-electron chi connectivity index (χ4n) is 2.44. The van der Waals surface area contributed by atoms with Gasteiger partial charge >= 0.3 is 0 Å². The van der Waals surface area contributed by atoms with Gasteiger partial charge in [0.25, 0.3) is 0 Å². The molecule has 0 aromatic heterocycles. The van der Waals surface area contributed by atoms with E-state index in [4.69, 9.17) is 17.3 Å². The molecule has 0 aliphatic carbocycles. The van der Waals surface area contributed by atoms with Crippen molar-refractivity contribution >= 4 is 17.3 Å². The molecule has 0 bridgehead atoms. The van der Waals surface area contributed by atoms with E-state index in [1.807, 2.05) is 18.2 Å². The zero-order valence-corrected chi connectivity index (χ0v) is 11.2. The summed E-state index contributed by atoms with van der Waals surface area (Å²) in [5, 5.41) is 0.830. The lowest BCUT2D eigenvalue weighted by atomic mass is 10.0. The lowest BCUT2D eigenvalue weighted by Crippen LogP contribution is -2.24. The molecule has 1 saturated heterocycles. The summed E-state index contributed by atoms with van der Waals surface area (Å²) in [4.78, 5) is 2.49. The topological polar surface area (TPSA) is 29.3 Å². The standard InChI is InChI=1S/C14H21ClN2/c1-11-3-2-7-17(8-6-11)10-12-9-13(16)4-5-14(12)15/h4-5,9,11H,2-3,6-8,10,16H2,1H3. The molecular weight excluding hydrogens is 232 g/mol. The van der Waals surface area contributed by atoms with Gasteiger partial charge in [-0.1, -0.05) is 18.5 Å². The van der Waals surface area contributed by atoms with Gasteiger partial charge in [0.1, 0.15) is 0 Å². The minimum Gasteiger partial charge on any atom is -0.399 e.